The molecule has 6 atom stereocenters. The van der Waals surface area contributed by atoms with Gasteiger partial charge in [0.15, 0.2) is 0 Å². The molecule has 0 bridgehead atoms. The third kappa shape index (κ3) is 8.35. The van der Waals surface area contributed by atoms with Gasteiger partial charge in [-0.15, -0.1) is 0 Å². The standard InChI is InChI=1S/C32H47N5O7S/c1-31(2,3)44-30(41)33-24-16-11-6-4-5-10-15-22-20-32(22,34-27(38)26-17-12-18-37(26)28(24)39)29(40)36-45(42,43)35-25-19-23(25)21-13-8-7-9-14-21/h7-9,13-14,22-26,35H,4-6,10-12,15-20H2,1-3H3,(H,33,41)(H,34,38)(H,36,40)/t22-,23?,24?,25?,26+,32?/m1/s1. The van der Waals surface area contributed by atoms with Crippen LogP contribution in [0.25, 0.3) is 0 Å². The Kier molecular flexibility index (Phi) is 9.79. The van der Waals surface area contributed by atoms with Crippen LogP contribution >= 0.6 is 0 Å². The van der Waals surface area contributed by atoms with E-state index in [9.17, 15) is 27.6 Å². The van der Waals surface area contributed by atoms with Crippen LogP contribution in [-0.2, 0) is 29.3 Å². The summed E-state index contributed by atoms with van der Waals surface area (Å²) in [5.74, 6) is -1.76. The Morgan fingerprint density at radius 1 is 0.978 bits per heavy atom. The third-order valence-corrected chi connectivity index (χ3v) is 10.3. The second-order valence-corrected chi connectivity index (χ2v) is 15.5. The molecule has 4 N–H and O–H groups in total. The average Bonchev–Trinajstić information content (AvgIpc) is 3.81. The lowest BCUT2D eigenvalue weighted by molar-refractivity contribution is -0.141. The zero-order chi connectivity index (χ0) is 32.4. The fourth-order valence-electron chi connectivity index (χ4n) is 6.78. The van der Waals surface area contributed by atoms with E-state index in [0.29, 0.717) is 45.1 Å². The topological polar surface area (TPSA) is 163 Å². The van der Waals surface area contributed by atoms with Gasteiger partial charge in [0.2, 0.25) is 11.8 Å². The Morgan fingerprint density at radius 3 is 2.38 bits per heavy atom. The van der Waals surface area contributed by atoms with Gasteiger partial charge in [0.05, 0.1) is 0 Å². The first-order chi connectivity index (χ1) is 21.3. The van der Waals surface area contributed by atoms with Crippen LogP contribution in [0.3, 0.4) is 0 Å². The predicted molar refractivity (Wildman–Crippen MR) is 167 cm³/mol. The van der Waals surface area contributed by atoms with Gasteiger partial charge >= 0.3 is 16.3 Å². The summed E-state index contributed by atoms with van der Waals surface area (Å²) in [6.07, 6.45) is 6.62. The van der Waals surface area contributed by atoms with Gasteiger partial charge in [0.1, 0.15) is 23.2 Å². The predicted octanol–water partition coefficient (Wildman–Crippen LogP) is 3.00. The van der Waals surface area contributed by atoms with Gasteiger partial charge in [-0.3, -0.25) is 14.4 Å². The van der Waals surface area contributed by atoms with Gasteiger partial charge in [0, 0.05) is 18.5 Å². The Morgan fingerprint density at radius 2 is 1.67 bits per heavy atom. The molecule has 12 nitrogen and oxygen atoms in total. The Hall–Kier alpha value is -3.19. The second kappa shape index (κ2) is 13.3. The molecular weight excluding hydrogens is 598 g/mol. The van der Waals surface area contributed by atoms with E-state index in [0.717, 1.165) is 37.7 Å². The number of benzene rings is 1. The minimum absolute atomic E-state index is 0.0439. The van der Waals surface area contributed by atoms with Crippen molar-refractivity contribution in [3.05, 3.63) is 35.9 Å². The average molecular weight is 646 g/mol. The maximum atomic E-state index is 13.8. The molecule has 2 aliphatic heterocycles. The Balaban J connectivity index is 1.28. The summed E-state index contributed by atoms with van der Waals surface area (Å²) in [7, 11) is -4.18. The number of amides is 4. The van der Waals surface area contributed by atoms with Crippen LogP contribution in [0, 0.1) is 5.92 Å². The molecule has 4 amide bonds. The second-order valence-electron chi connectivity index (χ2n) is 14.0. The SMILES string of the molecule is CC(C)(C)OC(=O)NC1CCCCCCC[C@@H]2CC2(C(=O)NS(=O)(=O)NC2CC2c2ccccc2)NC(=O)[C@@H]2CCCN2C1=O. The van der Waals surface area contributed by atoms with Gasteiger partial charge in [-0.2, -0.15) is 13.1 Å². The molecule has 0 aromatic heterocycles. The molecule has 2 saturated carbocycles. The first kappa shape index (κ1) is 33.2. The van der Waals surface area contributed by atoms with Crippen LogP contribution in [0.15, 0.2) is 30.3 Å². The maximum absolute atomic E-state index is 13.8. The van der Waals surface area contributed by atoms with Crippen LogP contribution in [0.1, 0.15) is 103 Å². The van der Waals surface area contributed by atoms with Crippen molar-refractivity contribution in [2.24, 2.45) is 5.92 Å². The lowest BCUT2D eigenvalue weighted by atomic mass is 10.0. The molecule has 0 spiro atoms. The molecule has 1 aromatic carbocycles. The number of ether oxygens (including phenoxy) is 1. The zero-order valence-corrected chi connectivity index (χ0v) is 27.3. The minimum atomic E-state index is -4.18. The van der Waals surface area contributed by atoms with E-state index in [1.807, 2.05) is 30.3 Å². The van der Waals surface area contributed by atoms with Crippen molar-refractivity contribution >= 4 is 34.0 Å². The molecule has 13 heteroatoms. The first-order valence-electron chi connectivity index (χ1n) is 16.3. The van der Waals surface area contributed by atoms with E-state index < -0.39 is 51.3 Å². The number of carbonyl (C=O) groups excluding carboxylic acids is 4. The fourth-order valence-corrected chi connectivity index (χ4v) is 7.93. The number of nitrogens with one attached hydrogen (secondary N) is 4. The van der Waals surface area contributed by atoms with Crippen molar-refractivity contribution in [1.82, 2.24) is 25.0 Å². The van der Waals surface area contributed by atoms with E-state index in [-0.39, 0.29) is 23.8 Å². The summed E-state index contributed by atoms with van der Waals surface area (Å²) in [6.45, 7) is 5.58. The normalized spacial score (nSPS) is 30.9. The van der Waals surface area contributed by atoms with Crippen molar-refractivity contribution in [3.8, 4) is 0 Å². The number of carbonyl (C=O) groups is 4. The maximum Gasteiger partial charge on any atom is 0.408 e. The summed E-state index contributed by atoms with van der Waals surface area (Å²) in [4.78, 5) is 55.2. The molecule has 4 aliphatic rings. The van der Waals surface area contributed by atoms with Crippen LogP contribution in [-0.4, -0.2) is 72.9 Å². The summed E-state index contributed by atoms with van der Waals surface area (Å²) in [5, 5.41) is 5.62. The fraction of sp³-hybridized carbons (Fsp3) is 0.688. The van der Waals surface area contributed by atoms with Gasteiger partial charge < -0.3 is 20.3 Å². The van der Waals surface area contributed by atoms with Crippen LogP contribution in [0.2, 0.25) is 0 Å². The van der Waals surface area contributed by atoms with E-state index >= 15 is 0 Å². The lowest BCUT2D eigenvalue weighted by Crippen LogP contribution is -2.59. The summed E-state index contributed by atoms with van der Waals surface area (Å²) in [6, 6.07) is 7.62. The highest BCUT2D eigenvalue weighted by Gasteiger charge is 2.62. The highest BCUT2D eigenvalue weighted by Crippen LogP contribution is 2.48. The van der Waals surface area contributed by atoms with Crippen molar-refractivity contribution in [2.75, 3.05) is 6.54 Å². The number of rotatable bonds is 6. The molecule has 0 radical (unpaired) electrons. The molecule has 2 aliphatic carbocycles. The largest absolute Gasteiger partial charge is 0.444 e. The molecule has 2 heterocycles. The summed E-state index contributed by atoms with van der Waals surface area (Å²) in [5.41, 5.74) is -1.06. The van der Waals surface area contributed by atoms with E-state index in [1.54, 1.807) is 20.8 Å². The molecule has 45 heavy (non-hydrogen) atoms. The van der Waals surface area contributed by atoms with E-state index in [2.05, 4.69) is 20.1 Å². The summed E-state index contributed by atoms with van der Waals surface area (Å²) < 4.78 is 36.3. The lowest BCUT2D eigenvalue weighted by Gasteiger charge is -2.30. The number of nitrogens with zero attached hydrogens (tertiary/aromatic N) is 1. The van der Waals surface area contributed by atoms with E-state index in [4.69, 9.17) is 4.74 Å². The van der Waals surface area contributed by atoms with Crippen molar-refractivity contribution in [2.45, 2.75) is 127 Å². The minimum Gasteiger partial charge on any atom is -0.444 e. The van der Waals surface area contributed by atoms with E-state index in [1.165, 1.54) is 4.90 Å². The third-order valence-electron chi connectivity index (χ3n) is 9.28. The van der Waals surface area contributed by atoms with Crippen molar-refractivity contribution < 1.29 is 32.3 Å². The van der Waals surface area contributed by atoms with Crippen LogP contribution < -0.4 is 20.1 Å². The Labute approximate surface area is 266 Å². The van der Waals surface area contributed by atoms with Crippen molar-refractivity contribution in [1.29, 1.82) is 0 Å². The molecule has 248 valence electrons. The van der Waals surface area contributed by atoms with Gasteiger partial charge in [-0.05, 0) is 70.8 Å². The van der Waals surface area contributed by atoms with Crippen LogP contribution in [0.5, 0.6) is 0 Å². The number of hydrogen-bond acceptors (Lipinski definition) is 7. The monoisotopic (exact) mass is 645 g/mol. The highest BCUT2D eigenvalue weighted by atomic mass is 32.2. The molecule has 4 unspecified atom stereocenters. The smallest absolute Gasteiger partial charge is 0.408 e. The molecule has 5 rings (SSSR count). The van der Waals surface area contributed by atoms with Gasteiger partial charge in [-0.1, -0.05) is 62.4 Å². The van der Waals surface area contributed by atoms with Gasteiger partial charge in [-0.25, -0.2) is 9.52 Å². The van der Waals surface area contributed by atoms with Gasteiger partial charge in [0.25, 0.3) is 5.91 Å². The zero-order valence-electron chi connectivity index (χ0n) is 26.5. The molecule has 1 aromatic rings. The number of hydrogen-bond donors (Lipinski definition) is 4. The molecule has 2 saturated heterocycles. The number of fused-ring (bicyclic) bond motifs is 2. The quantitative estimate of drug-likeness (QED) is 0.370. The summed E-state index contributed by atoms with van der Waals surface area (Å²) >= 11 is 0. The van der Waals surface area contributed by atoms with Crippen LogP contribution in [0.4, 0.5) is 4.79 Å². The van der Waals surface area contributed by atoms with Crippen molar-refractivity contribution in [3.63, 3.8) is 0 Å². The Bertz CT molecular complexity index is 1380. The highest BCUT2D eigenvalue weighted by molar-refractivity contribution is 7.88. The number of alkyl carbamates (subject to hydrolysis) is 1. The molecular formula is C32H47N5O7S. The molecule has 4 fully saturated rings. The first-order valence-corrected chi connectivity index (χ1v) is 17.8.